The number of carbonyl (C=O) groups excluding carboxylic acids is 2. The van der Waals surface area contributed by atoms with E-state index in [1.807, 2.05) is 0 Å². The lowest BCUT2D eigenvalue weighted by Crippen LogP contribution is -2.02. The first kappa shape index (κ1) is 17.8. The number of hydrogen-bond donors (Lipinski definition) is 1. The third-order valence-electron chi connectivity index (χ3n) is 3.11. The van der Waals surface area contributed by atoms with Crippen molar-refractivity contribution in [1.82, 2.24) is 0 Å². The molecule has 3 nitrogen and oxygen atoms in total. The molecule has 24 heavy (non-hydrogen) atoms. The fourth-order valence-corrected chi connectivity index (χ4v) is 2.22. The molecule has 2 rings (SSSR count). The Balaban J connectivity index is 1.92. The first-order valence-electron chi connectivity index (χ1n) is 7.10. The standard InChI is InChI=1S/C19H14BrFO3/c20-15-6-4-14(19(21)11-15)5-10-18(24)12-17(23)9-3-13-1-7-16(22)8-2-13/h1-11,22H,12H2/b9-3+,10-5+. The van der Waals surface area contributed by atoms with Crippen LogP contribution in [-0.4, -0.2) is 16.7 Å². The predicted octanol–water partition coefficient (Wildman–Crippen LogP) is 4.55. The van der Waals surface area contributed by atoms with Crippen LogP contribution in [0.3, 0.4) is 0 Å². The minimum absolute atomic E-state index is 0.138. The predicted molar refractivity (Wildman–Crippen MR) is 94.9 cm³/mol. The Bertz CT molecular complexity index is 808. The normalized spacial score (nSPS) is 11.2. The Hall–Kier alpha value is -2.53. The van der Waals surface area contributed by atoms with Crippen molar-refractivity contribution in [2.45, 2.75) is 6.42 Å². The molecule has 0 aromatic heterocycles. The van der Waals surface area contributed by atoms with Crippen LogP contribution in [0, 0.1) is 5.82 Å². The van der Waals surface area contributed by atoms with Gasteiger partial charge in [0, 0.05) is 10.0 Å². The topological polar surface area (TPSA) is 54.4 Å². The molecule has 0 fully saturated rings. The lowest BCUT2D eigenvalue weighted by molar-refractivity contribution is -0.121. The van der Waals surface area contributed by atoms with Gasteiger partial charge in [0.1, 0.15) is 11.6 Å². The van der Waals surface area contributed by atoms with E-state index >= 15 is 0 Å². The van der Waals surface area contributed by atoms with Crippen LogP contribution in [0.5, 0.6) is 5.75 Å². The van der Waals surface area contributed by atoms with Gasteiger partial charge in [0.05, 0.1) is 6.42 Å². The van der Waals surface area contributed by atoms with Gasteiger partial charge in [-0.1, -0.05) is 40.2 Å². The minimum Gasteiger partial charge on any atom is -0.508 e. The smallest absolute Gasteiger partial charge is 0.163 e. The van der Waals surface area contributed by atoms with Crippen LogP contribution in [0.25, 0.3) is 12.2 Å². The third-order valence-corrected chi connectivity index (χ3v) is 3.61. The fraction of sp³-hybridized carbons (Fsp3) is 0.0526. The SMILES string of the molecule is O=C(/C=C/c1ccc(O)cc1)CC(=O)/C=C/c1ccc(Br)cc1F. The van der Waals surface area contributed by atoms with E-state index < -0.39 is 11.6 Å². The summed E-state index contributed by atoms with van der Waals surface area (Å²) in [5, 5.41) is 9.17. The average molecular weight is 389 g/mol. The number of hydrogen-bond acceptors (Lipinski definition) is 3. The molecule has 0 unspecified atom stereocenters. The molecule has 0 aliphatic carbocycles. The van der Waals surface area contributed by atoms with Crippen molar-refractivity contribution >= 4 is 39.6 Å². The van der Waals surface area contributed by atoms with Crippen LogP contribution < -0.4 is 0 Å². The zero-order valence-corrected chi connectivity index (χ0v) is 14.2. The van der Waals surface area contributed by atoms with Crippen molar-refractivity contribution in [2.24, 2.45) is 0 Å². The highest BCUT2D eigenvalue weighted by molar-refractivity contribution is 9.10. The molecule has 2 aromatic rings. The van der Waals surface area contributed by atoms with Gasteiger partial charge in [-0.3, -0.25) is 9.59 Å². The number of aromatic hydroxyl groups is 1. The maximum Gasteiger partial charge on any atom is 0.163 e. The number of halogens is 2. The monoisotopic (exact) mass is 388 g/mol. The van der Waals surface area contributed by atoms with E-state index in [0.29, 0.717) is 4.47 Å². The quantitative estimate of drug-likeness (QED) is 0.583. The molecule has 0 saturated heterocycles. The summed E-state index contributed by atoms with van der Waals surface area (Å²) < 4.78 is 14.2. The highest BCUT2D eigenvalue weighted by Crippen LogP contribution is 2.16. The summed E-state index contributed by atoms with van der Waals surface area (Å²) in [4.78, 5) is 23.5. The minimum atomic E-state index is -0.452. The summed E-state index contributed by atoms with van der Waals surface area (Å²) in [5.41, 5.74) is 1.01. The lowest BCUT2D eigenvalue weighted by Gasteiger charge is -1.97. The molecule has 122 valence electrons. The number of benzene rings is 2. The first-order chi connectivity index (χ1) is 11.4. The molecule has 0 saturated carbocycles. The highest BCUT2D eigenvalue weighted by Gasteiger charge is 2.05. The van der Waals surface area contributed by atoms with Gasteiger partial charge < -0.3 is 5.11 Å². The molecular formula is C19H14BrFO3. The zero-order chi connectivity index (χ0) is 17.5. The highest BCUT2D eigenvalue weighted by atomic mass is 79.9. The van der Waals surface area contributed by atoms with Gasteiger partial charge in [0.2, 0.25) is 0 Å². The van der Waals surface area contributed by atoms with Crippen molar-refractivity contribution in [3.8, 4) is 5.75 Å². The van der Waals surface area contributed by atoms with Crippen LogP contribution in [-0.2, 0) is 9.59 Å². The summed E-state index contributed by atoms with van der Waals surface area (Å²) in [5.74, 6) is -1.07. The lowest BCUT2D eigenvalue weighted by atomic mass is 10.1. The fourth-order valence-electron chi connectivity index (χ4n) is 1.88. The Morgan fingerprint density at radius 1 is 1.00 bits per heavy atom. The number of phenolic OH excluding ortho intramolecular Hbond substituents is 1. The van der Waals surface area contributed by atoms with Gasteiger partial charge in [-0.25, -0.2) is 4.39 Å². The van der Waals surface area contributed by atoms with Crippen molar-refractivity contribution in [2.75, 3.05) is 0 Å². The van der Waals surface area contributed by atoms with E-state index in [1.54, 1.807) is 24.3 Å². The van der Waals surface area contributed by atoms with Gasteiger partial charge in [-0.15, -0.1) is 0 Å². The maximum absolute atomic E-state index is 13.6. The van der Waals surface area contributed by atoms with Crippen molar-refractivity contribution in [3.63, 3.8) is 0 Å². The average Bonchev–Trinajstić information content (AvgIpc) is 2.53. The molecule has 0 aliphatic rings. The van der Waals surface area contributed by atoms with Crippen LogP contribution in [0.15, 0.2) is 59.1 Å². The molecule has 0 bridgehead atoms. The second-order valence-corrected chi connectivity index (χ2v) is 5.95. The van der Waals surface area contributed by atoms with Gasteiger partial charge in [0.15, 0.2) is 11.6 Å². The largest absolute Gasteiger partial charge is 0.508 e. The summed E-state index contributed by atoms with van der Waals surface area (Å²) in [6.45, 7) is 0. The van der Waals surface area contributed by atoms with E-state index in [4.69, 9.17) is 5.11 Å². The summed E-state index contributed by atoms with van der Waals surface area (Å²) in [6, 6.07) is 10.8. The molecule has 5 heteroatoms. The van der Waals surface area contributed by atoms with Gasteiger partial charge in [0.25, 0.3) is 0 Å². The molecule has 0 heterocycles. The Kier molecular flexibility index (Phi) is 6.21. The van der Waals surface area contributed by atoms with Crippen molar-refractivity contribution in [3.05, 3.63) is 76.0 Å². The Labute approximate surface area is 147 Å². The molecular weight excluding hydrogens is 375 g/mol. The number of phenols is 1. The molecule has 0 amide bonds. The number of rotatable bonds is 6. The number of ketones is 2. The van der Waals surface area contributed by atoms with E-state index in [-0.39, 0.29) is 23.5 Å². The Morgan fingerprint density at radius 2 is 1.62 bits per heavy atom. The zero-order valence-electron chi connectivity index (χ0n) is 12.6. The molecule has 0 aliphatic heterocycles. The Morgan fingerprint density at radius 3 is 2.25 bits per heavy atom. The first-order valence-corrected chi connectivity index (χ1v) is 7.89. The summed E-state index contributed by atoms with van der Waals surface area (Å²) in [7, 11) is 0. The van der Waals surface area contributed by atoms with Gasteiger partial charge in [-0.05, 0) is 48.1 Å². The third kappa shape index (κ3) is 5.59. The maximum atomic E-state index is 13.6. The molecule has 0 spiro atoms. The molecule has 2 aromatic carbocycles. The summed E-state index contributed by atoms with van der Waals surface area (Å²) in [6.07, 6.45) is 5.12. The second kappa shape index (κ2) is 8.36. The molecule has 0 radical (unpaired) electrons. The van der Waals surface area contributed by atoms with E-state index in [2.05, 4.69) is 15.9 Å². The summed E-state index contributed by atoms with van der Waals surface area (Å²) >= 11 is 3.15. The van der Waals surface area contributed by atoms with Crippen molar-refractivity contribution < 1.29 is 19.1 Å². The molecule has 1 N–H and O–H groups in total. The van der Waals surface area contributed by atoms with Crippen LogP contribution in [0.1, 0.15) is 17.5 Å². The van der Waals surface area contributed by atoms with E-state index in [9.17, 15) is 14.0 Å². The van der Waals surface area contributed by atoms with Crippen molar-refractivity contribution in [1.29, 1.82) is 0 Å². The van der Waals surface area contributed by atoms with Crippen LogP contribution >= 0.6 is 15.9 Å². The van der Waals surface area contributed by atoms with Gasteiger partial charge >= 0.3 is 0 Å². The van der Waals surface area contributed by atoms with Crippen LogP contribution in [0.4, 0.5) is 4.39 Å². The van der Waals surface area contributed by atoms with Gasteiger partial charge in [-0.2, -0.15) is 0 Å². The second-order valence-electron chi connectivity index (χ2n) is 5.03. The number of carbonyl (C=O) groups is 2. The number of allylic oxidation sites excluding steroid dienone is 2. The molecule has 0 atom stereocenters. The van der Waals surface area contributed by atoms with E-state index in [0.717, 1.165) is 5.56 Å². The van der Waals surface area contributed by atoms with E-state index in [1.165, 1.54) is 42.5 Å². The van der Waals surface area contributed by atoms with Crippen LogP contribution in [0.2, 0.25) is 0 Å².